The first kappa shape index (κ1) is 14.1. The minimum absolute atomic E-state index is 0.413. The van der Waals surface area contributed by atoms with Crippen LogP contribution in [0.15, 0.2) is 12.1 Å². The normalized spacial score (nSPS) is 12.7. The van der Waals surface area contributed by atoms with E-state index in [9.17, 15) is 0 Å². The van der Waals surface area contributed by atoms with Gasteiger partial charge in [0.15, 0.2) is 0 Å². The molecule has 3 nitrogen and oxygen atoms in total. The number of aryl methyl sites for hydroxylation is 2. The molecule has 0 saturated heterocycles. The molecule has 0 aliphatic rings. The smallest absolute Gasteiger partial charge is 0.0462 e. The molecule has 0 aromatic carbocycles. The monoisotopic (exact) mass is 236 g/mol. The number of rotatable bonds is 7. The Hall–Kier alpha value is -0.930. The molecular formula is C14H24N2O. The molecule has 1 unspecified atom stereocenters. The molecule has 1 rings (SSSR count). The highest BCUT2D eigenvalue weighted by molar-refractivity contribution is 5.23. The molecule has 1 heterocycles. The Labute approximate surface area is 105 Å². The molecule has 1 aromatic rings. The van der Waals surface area contributed by atoms with E-state index in [1.807, 2.05) is 0 Å². The SMILES string of the molecule is CCNC(CCCOC)c1cc(C)nc(C)c1. The summed E-state index contributed by atoms with van der Waals surface area (Å²) in [6.45, 7) is 8.05. The zero-order valence-electron chi connectivity index (χ0n) is 11.4. The van der Waals surface area contributed by atoms with Gasteiger partial charge in [0, 0.05) is 31.1 Å². The molecule has 17 heavy (non-hydrogen) atoms. The van der Waals surface area contributed by atoms with Gasteiger partial charge >= 0.3 is 0 Å². The quantitative estimate of drug-likeness (QED) is 0.739. The largest absolute Gasteiger partial charge is 0.385 e. The minimum atomic E-state index is 0.413. The van der Waals surface area contributed by atoms with E-state index in [4.69, 9.17) is 4.74 Å². The number of hydrogen-bond acceptors (Lipinski definition) is 3. The van der Waals surface area contributed by atoms with Crippen LogP contribution in [0.25, 0.3) is 0 Å². The van der Waals surface area contributed by atoms with Crippen molar-refractivity contribution in [3.8, 4) is 0 Å². The zero-order chi connectivity index (χ0) is 12.7. The van der Waals surface area contributed by atoms with Crippen molar-refractivity contribution in [2.24, 2.45) is 0 Å². The molecule has 0 amide bonds. The first-order chi connectivity index (χ1) is 8.17. The van der Waals surface area contributed by atoms with Crippen LogP contribution in [0.2, 0.25) is 0 Å². The Bertz CT molecular complexity index is 319. The van der Waals surface area contributed by atoms with Crippen LogP contribution >= 0.6 is 0 Å². The number of pyridine rings is 1. The number of hydrogen-bond donors (Lipinski definition) is 1. The lowest BCUT2D eigenvalue weighted by molar-refractivity contribution is 0.189. The van der Waals surface area contributed by atoms with Crippen molar-refractivity contribution in [3.05, 3.63) is 29.1 Å². The van der Waals surface area contributed by atoms with Crippen LogP contribution in [-0.2, 0) is 4.74 Å². The number of nitrogens with zero attached hydrogens (tertiary/aromatic N) is 1. The van der Waals surface area contributed by atoms with Gasteiger partial charge in [-0.3, -0.25) is 4.98 Å². The fraction of sp³-hybridized carbons (Fsp3) is 0.643. The third-order valence-corrected chi connectivity index (χ3v) is 2.80. The molecule has 0 saturated carbocycles. The van der Waals surface area contributed by atoms with Crippen LogP contribution in [0.5, 0.6) is 0 Å². The number of ether oxygens (including phenoxy) is 1. The van der Waals surface area contributed by atoms with Gasteiger partial charge in [0.25, 0.3) is 0 Å². The maximum atomic E-state index is 5.11. The summed E-state index contributed by atoms with van der Waals surface area (Å²) in [5, 5.41) is 3.53. The van der Waals surface area contributed by atoms with Crippen LogP contribution in [0.1, 0.15) is 42.8 Å². The van der Waals surface area contributed by atoms with E-state index in [0.29, 0.717) is 6.04 Å². The predicted molar refractivity (Wildman–Crippen MR) is 71.2 cm³/mol. The van der Waals surface area contributed by atoms with Gasteiger partial charge in [-0.05, 0) is 50.9 Å². The van der Waals surface area contributed by atoms with Gasteiger partial charge in [-0.1, -0.05) is 6.92 Å². The van der Waals surface area contributed by atoms with E-state index < -0.39 is 0 Å². The van der Waals surface area contributed by atoms with E-state index >= 15 is 0 Å². The lowest BCUT2D eigenvalue weighted by Gasteiger charge is -2.19. The second-order valence-corrected chi connectivity index (χ2v) is 4.43. The van der Waals surface area contributed by atoms with E-state index in [-0.39, 0.29) is 0 Å². The molecule has 0 radical (unpaired) electrons. The Kier molecular flexibility index (Phi) is 6.16. The van der Waals surface area contributed by atoms with Crippen LogP contribution in [0, 0.1) is 13.8 Å². The van der Waals surface area contributed by atoms with Gasteiger partial charge in [-0.2, -0.15) is 0 Å². The molecule has 0 aliphatic carbocycles. The Morgan fingerprint density at radius 2 is 1.94 bits per heavy atom. The average Bonchev–Trinajstić information content (AvgIpc) is 2.27. The van der Waals surface area contributed by atoms with Crippen molar-refractivity contribution >= 4 is 0 Å². The van der Waals surface area contributed by atoms with Crippen molar-refractivity contribution in [1.29, 1.82) is 0 Å². The Morgan fingerprint density at radius 3 is 2.47 bits per heavy atom. The van der Waals surface area contributed by atoms with Gasteiger partial charge < -0.3 is 10.1 Å². The fourth-order valence-corrected chi connectivity index (χ4v) is 2.13. The average molecular weight is 236 g/mol. The summed E-state index contributed by atoms with van der Waals surface area (Å²) in [6, 6.07) is 4.76. The Balaban J connectivity index is 2.73. The predicted octanol–water partition coefficient (Wildman–Crippen LogP) is 2.78. The van der Waals surface area contributed by atoms with Crippen molar-refractivity contribution in [2.75, 3.05) is 20.3 Å². The molecule has 0 spiro atoms. The number of methoxy groups -OCH3 is 1. The first-order valence-electron chi connectivity index (χ1n) is 6.35. The van der Waals surface area contributed by atoms with E-state index in [1.54, 1.807) is 7.11 Å². The van der Waals surface area contributed by atoms with Crippen molar-refractivity contribution in [2.45, 2.75) is 39.7 Å². The number of aromatic nitrogens is 1. The van der Waals surface area contributed by atoms with Gasteiger partial charge in [0.05, 0.1) is 0 Å². The third-order valence-electron chi connectivity index (χ3n) is 2.80. The van der Waals surface area contributed by atoms with Gasteiger partial charge in [-0.25, -0.2) is 0 Å². The van der Waals surface area contributed by atoms with Crippen LogP contribution in [0.3, 0.4) is 0 Å². The second kappa shape index (κ2) is 7.41. The first-order valence-corrected chi connectivity index (χ1v) is 6.35. The standard InChI is InChI=1S/C14H24N2O/c1-5-15-14(7-6-8-17-4)13-9-11(2)16-12(3)10-13/h9-10,14-15H,5-8H2,1-4H3. The lowest BCUT2D eigenvalue weighted by Crippen LogP contribution is -2.21. The van der Waals surface area contributed by atoms with Crippen molar-refractivity contribution in [3.63, 3.8) is 0 Å². The highest BCUT2D eigenvalue weighted by Gasteiger charge is 2.11. The molecule has 0 aliphatic heterocycles. The van der Waals surface area contributed by atoms with E-state index in [2.05, 4.69) is 43.2 Å². The highest BCUT2D eigenvalue weighted by Crippen LogP contribution is 2.19. The molecule has 0 bridgehead atoms. The molecule has 1 atom stereocenters. The summed E-state index contributed by atoms with van der Waals surface area (Å²) in [5.41, 5.74) is 3.53. The summed E-state index contributed by atoms with van der Waals surface area (Å²) in [4.78, 5) is 4.42. The minimum Gasteiger partial charge on any atom is -0.385 e. The zero-order valence-corrected chi connectivity index (χ0v) is 11.4. The fourth-order valence-electron chi connectivity index (χ4n) is 2.13. The van der Waals surface area contributed by atoms with Crippen molar-refractivity contribution in [1.82, 2.24) is 10.3 Å². The van der Waals surface area contributed by atoms with Crippen LogP contribution < -0.4 is 5.32 Å². The highest BCUT2D eigenvalue weighted by atomic mass is 16.5. The summed E-state index contributed by atoms with van der Waals surface area (Å²) < 4.78 is 5.11. The maximum Gasteiger partial charge on any atom is 0.0462 e. The molecule has 1 N–H and O–H groups in total. The lowest BCUT2D eigenvalue weighted by atomic mass is 10.0. The molecule has 96 valence electrons. The van der Waals surface area contributed by atoms with Gasteiger partial charge in [0.2, 0.25) is 0 Å². The van der Waals surface area contributed by atoms with Crippen LogP contribution in [0.4, 0.5) is 0 Å². The third kappa shape index (κ3) is 4.84. The second-order valence-electron chi connectivity index (χ2n) is 4.43. The van der Waals surface area contributed by atoms with E-state index in [0.717, 1.165) is 37.4 Å². The summed E-state index contributed by atoms with van der Waals surface area (Å²) in [7, 11) is 1.75. The van der Waals surface area contributed by atoms with E-state index in [1.165, 1.54) is 5.56 Å². The summed E-state index contributed by atoms with van der Waals surface area (Å²) in [6.07, 6.45) is 2.18. The van der Waals surface area contributed by atoms with Gasteiger partial charge in [-0.15, -0.1) is 0 Å². The maximum absolute atomic E-state index is 5.11. The molecular weight excluding hydrogens is 212 g/mol. The summed E-state index contributed by atoms with van der Waals surface area (Å²) in [5.74, 6) is 0. The van der Waals surface area contributed by atoms with Gasteiger partial charge in [0.1, 0.15) is 0 Å². The van der Waals surface area contributed by atoms with Crippen molar-refractivity contribution < 1.29 is 4.74 Å². The molecule has 3 heteroatoms. The number of nitrogens with one attached hydrogen (secondary N) is 1. The summed E-state index contributed by atoms with van der Waals surface area (Å²) >= 11 is 0. The molecule has 0 fully saturated rings. The Morgan fingerprint density at radius 1 is 1.29 bits per heavy atom. The molecule has 1 aromatic heterocycles. The topological polar surface area (TPSA) is 34.1 Å². The van der Waals surface area contributed by atoms with Crippen LogP contribution in [-0.4, -0.2) is 25.2 Å².